The molecule has 55 heavy (non-hydrogen) atoms. The maximum absolute atomic E-state index is 13.1. The van der Waals surface area contributed by atoms with E-state index >= 15 is 0 Å². The molecule has 8 atom stereocenters. The summed E-state index contributed by atoms with van der Waals surface area (Å²) in [6.07, 6.45) is 1.28. The average molecular weight is 769 g/mol. The van der Waals surface area contributed by atoms with Crippen LogP contribution in [0.3, 0.4) is 0 Å². The van der Waals surface area contributed by atoms with Gasteiger partial charge in [0.25, 0.3) is 0 Å². The van der Waals surface area contributed by atoms with Gasteiger partial charge in [-0.3, -0.25) is 9.59 Å². The van der Waals surface area contributed by atoms with Crippen molar-refractivity contribution in [3.63, 3.8) is 0 Å². The number of unbranched alkanes of at least 4 members (excludes halogenated alkanes) is 5. The van der Waals surface area contributed by atoms with Crippen LogP contribution in [-0.4, -0.2) is 96.8 Å². The highest BCUT2D eigenvalue weighted by atomic mass is 16.8. The SMILES string of the molecule is CC(=O)OC(CCCC12OC(C(=O)O)C(O)(C(=O)O)C(C(=O)O)(O1)C(OC(=O)CCCCCCCCc1ccccc1)C2O)C(C)CC=Cc1ccccc1. The Morgan fingerprint density at radius 1 is 0.855 bits per heavy atom. The van der Waals surface area contributed by atoms with Crippen molar-refractivity contribution in [3.05, 3.63) is 77.9 Å². The van der Waals surface area contributed by atoms with Gasteiger partial charge < -0.3 is 44.5 Å². The number of ether oxygens (including phenoxy) is 4. The van der Waals surface area contributed by atoms with Crippen LogP contribution in [0, 0.1) is 5.92 Å². The lowest BCUT2D eigenvalue weighted by molar-refractivity contribution is -0.374. The predicted molar refractivity (Wildman–Crippen MR) is 196 cm³/mol. The molecule has 2 aliphatic heterocycles. The zero-order valence-electron chi connectivity index (χ0n) is 31.2. The summed E-state index contributed by atoms with van der Waals surface area (Å²) in [5.41, 5.74) is -5.11. The monoisotopic (exact) mass is 768 g/mol. The molecule has 0 saturated carbocycles. The standard InChI is InChI=1S/C41H52O14/c1-27(17-15-23-30-21-12-8-13-22-30)31(52-28(2)42)24-16-26-39-33(44)34(41(55-39,38(49)50)40(51,37(47)48)35(54-39)36(45)46)53-32(43)25-14-6-4-3-5-9-18-29-19-10-7-11-20-29/h7-8,10-13,15,19-23,27,31,33-35,44,51H,3-6,9,14,16-18,24-26H2,1-2H3,(H,45,46)(H,47,48)(H,49,50). The first-order valence-electron chi connectivity index (χ1n) is 18.8. The Morgan fingerprint density at radius 3 is 2.07 bits per heavy atom. The highest BCUT2D eigenvalue weighted by Crippen LogP contribution is 2.55. The summed E-state index contributed by atoms with van der Waals surface area (Å²) in [6.45, 7) is 3.09. The number of carboxylic acid groups (broad SMARTS) is 3. The molecular weight excluding hydrogens is 716 g/mol. The first-order valence-corrected chi connectivity index (χ1v) is 18.8. The molecule has 8 unspecified atom stereocenters. The van der Waals surface area contributed by atoms with E-state index in [1.165, 1.54) is 12.5 Å². The van der Waals surface area contributed by atoms with Crippen molar-refractivity contribution in [2.45, 2.75) is 132 Å². The number of rotatable bonds is 22. The molecule has 0 aliphatic carbocycles. The fraction of sp³-hybridized carbons (Fsp3) is 0.537. The van der Waals surface area contributed by atoms with Crippen molar-refractivity contribution in [2.75, 3.05) is 0 Å². The van der Waals surface area contributed by atoms with Gasteiger partial charge in [-0.15, -0.1) is 0 Å². The van der Waals surface area contributed by atoms with E-state index in [4.69, 9.17) is 18.9 Å². The predicted octanol–water partition coefficient (Wildman–Crippen LogP) is 4.92. The third-order valence-corrected chi connectivity index (χ3v) is 10.4. The molecule has 2 aliphatic rings. The highest BCUT2D eigenvalue weighted by Gasteiger charge is 2.85. The molecule has 2 fully saturated rings. The van der Waals surface area contributed by atoms with Gasteiger partial charge in [-0.1, -0.05) is 105 Å². The number of fused-ring (bicyclic) bond motifs is 2. The van der Waals surface area contributed by atoms with Gasteiger partial charge in [-0.2, -0.15) is 0 Å². The molecule has 2 aromatic rings. The summed E-state index contributed by atoms with van der Waals surface area (Å²) >= 11 is 0. The minimum atomic E-state index is -3.85. The summed E-state index contributed by atoms with van der Waals surface area (Å²) < 4.78 is 22.2. The molecule has 14 heteroatoms. The minimum Gasteiger partial charge on any atom is -0.479 e. The van der Waals surface area contributed by atoms with Gasteiger partial charge in [0.05, 0.1) is 0 Å². The Kier molecular flexibility index (Phi) is 15.1. The van der Waals surface area contributed by atoms with E-state index < -0.39 is 77.7 Å². The molecule has 2 heterocycles. The minimum absolute atomic E-state index is 0.0265. The number of aliphatic hydroxyl groups is 2. The maximum Gasteiger partial charge on any atom is 0.344 e. The van der Waals surface area contributed by atoms with Crippen LogP contribution < -0.4 is 0 Å². The Morgan fingerprint density at radius 2 is 1.47 bits per heavy atom. The van der Waals surface area contributed by atoms with E-state index in [2.05, 4.69) is 12.1 Å². The van der Waals surface area contributed by atoms with Crippen molar-refractivity contribution in [1.82, 2.24) is 0 Å². The lowest BCUT2D eigenvalue weighted by atomic mass is 9.74. The number of carbonyl (C=O) groups is 5. The summed E-state index contributed by atoms with van der Waals surface area (Å²) in [4.78, 5) is 63.2. The van der Waals surface area contributed by atoms with Crippen molar-refractivity contribution in [3.8, 4) is 0 Å². The van der Waals surface area contributed by atoms with E-state index in [0.717, 1.165) is 37.7 Å². The van der Waals surface area contributed by atoms with Crippen LogP contribution in [0.1, 0.15) is 95.6 Å². The van der Waals surface area contributed by atoms with Gasteiger partial charge in [0.15, 0.2) is 6.10 Å². The van der Waals surface area contributed by atoms with E-state index in [1.807, 2.05) is 67.6 Å². The van der Waals surface area contributed by atoms with Crippen molar-refractivity contribution >= 4 is 35.9 Å². The van der Waals surface area contributed by atoms with Crippen LogP contribution >= 0.6 is 0 Å². The number of hydrogen-bond acceptors (Lipinski definition) is 11. The van der Waals surface area contributed by atoms with Crippen LogP contribution in [0.15, 0.2) is 66.7 Å². The molecule has 0 radical (unpaired) electrons. The fourth-order valence-corrected chi connectivity index (χ4v) is 7.45. The smallest absolute Gasteiger partial charge is 0.344 e. The summed E-state index contributed by atoms with van der Waals surface area (Å²) in [5.74, 6) is -10.9. The number of aliphatic hydroxyl groups excluding tert-OH is 1. The molecule has 4 rings (SSSR count). The third kappa shape index (κ3) is 9.98. The Labute approximate surface area is 320 Å². The molecule has 14 nitrogen and oxygen atoms in total. The molecular formula is C41H52O14. The quantitative estimate of drug-likeness (QED) is 0.0792. The zero-order chi connectivity index (χ0) is 40.2. The number of carboxylic acids is 3. The Hall–Kier alpha value is -4.63. The number of hydrogen-bond donors (Lipinski definition) is 5. The molecule has 0 amide bonds. The van der Waals surface area contributed by atoms with E-state index in [-0.39, 0.29) is 25.2 Å². The molecule has 0 spiro atoms. The van der Waals surface area contributed by atoms with Gasteiger partial charge in [0, 0.05) is 19.8 Å². The second kappa shape index (κ2) is 19.3. The topological polar surface area (TPSA) is 223 Å². The lowest BCUT2D eigenvalue weighted by Crippen LogP contribution is -2.78. The lowest BCUT2D eigenvalue weighted by Gasteiger charge is -2.48. The Bertz CT molecular complexity index is 1650. The Balaban J connectivity index is 1.46. The van der Waals surface area contributed by atoms with Crippen molar-refractivity contribution in [1.29, 1.82) is 0 Å². The van der Waals surface area contributed by atoms with E-state index in [9.17, 15) is 49.5 Å². The van der Waals surface area contributed by atoms with Crippen molar-refractivity contribution in [2.24, 2.45) is 5.92 Å². The summed E-state index contributed by atoms with van der Waals surface area (Å²) in [6, 6.07) is 19.6. The highest BCUT2D eigenvalue weighted by molar-refractivity contribution is 5.98. The summed E-state index contributed by atoms with van der Waals surface area (Å²) in [5, 5.41) is 53.7. The molecule has 300 valence electrons. The first kappa shape index (κ1) is 43.1. The van der Waals surface area contributed by atoms with Gasteiger partial charge in [-0.05, 0) is 55.6 Å². The normalized spacial score (nSPS) is 26.9. The second-order valence-electron chi connectivity index (χ2n) is 14.4. The van der Waals surface area contributed by atoms with Crippen molar-refractivity contribution < 1.29 is 68.5 Å². The largest absolute Gasteiger partial charge is 0.479 e. The van der Waals surface area contributed by atoms with Crippen LogP contribution in [0.4, 0.5) is 0 Å². The average Bonchev–Trinajstić information content (AvgIpc) is 3.36. The number of benzene rings is 2. The van der Waals surface area contributed by atoms with Crippen LogP contribution in [0.2, 0.25) is 0 Å². The number of aryl methyl sites for hydroxylation is 1. The summed E-state index contributed by atoms with van der Waals surface area (Å²) in [7, 11) is 0. The molecule has 2 saturated heterocycles. The number of carbonyl (C=O) groups excluding carboxylic acids is 2. The van der Waals surface area contributed by atoms with Gasteiger partial charge >= 0.3 is 29.8 Å². The van der Waals surface area contributed by atoms with Crippen LogP contribution in [0.25, 0.3) is 6.08 Å². The van der Waals surface area contributed by atoms with Gasteiger partial charge in [-0.25, -0.2) is 14.4 Å². The van der Waals surface area contributed by atoms with Crippen LogP contribution in [-0.2, 0) is 49.3 Å². The van der Waals surface area contributed by atoms with Gasteiger partial charge in [0.1, 0.15) is 12.2 Å². The maximum atomic E-state index is 13.1. The number of aliphatic carboxylic acids is 3. The third-order valence-electron chi connectivity index (χ3n) is 10.4. The van der Waals surface area contributed by atoms with E-state index in [0.29, 0.717) is 19.3 Å². The van der Waals surface area contributed by atoms with E-state index in [1.54, 1.807) is 0 Å². The number of allylic oxidation sites excluding steroid dienone is 1. The molecule has 0 aromatic heterocycles. The van der Waals surface area contributed by atoms with Crippen LogP contribution in [0.5, 0.6) is 0 Å². The molecule has 2 aromatic carbocycles. The fourth-order valence-electron chi connectivity index (χ4n) is 7.45. The second-order valence-corrected chi connectivity index (χ2v) is 14.4. The zero-order valence-corrected chi connectivity index (χ0v) is 31.2. The van der Waals surface area contributed by atoms with Gasteiger partial charge in [0.2, 0.25) is 23.1 Å². The molecule has 2 bridgehead atoms. The first-order chi connectivity index (χ1) is 26.2. The molecule has 5 N–H and O–H groups in total. The number of esters is 2.